The van der Waals surface area contributed by atoms with E-state index in [2.05, 4.69) is 29.7 Å². The highest BCUT2D eigenvalue weighted by Crippen LogP contribution is 2.16. The Morgan fingerprint density at radius 1 is 1.12 bits per heavy atom. The summed E-state index contributed by atoms with van der Waals surface area (Å²) in [6.07, 6.45) is 2.56. The number of benzene rings is 2. The normalized spacial score (nSPS) is 17.6. The quantitative estimate of drug-likeness (QED) is 0.736. The van der Waals surface area contributed by atoms with Crippen molar-refractivity contribution in [1.29, 1.82) is 0 Å². The van der Waals surface area contributed by atoms with Crippen molar-refractivity contribution in [1.82, 2.24) is 5.43 Å². The molecule has 0 atom stereocenters. The van der Waals surface area contributed by atoms with Gasteiger partial charge in [0.15, 0.2) is 6.54 Å². The average molecular weight is 225 g/mol. The summed E-state index contributed by atoms with van der Waals surface area (Å²) in [6, 6.07) is 14.4. The van der Waals surface area contributed by atoms with Crippen molar-refractivity contribution in [3.8, 4) is 0 Å². The highest BCUT2D eigenvalue weighted by Gasteiger charge is 2.20. The van der Waals surface area contributed by atoms with Crippen LogP contribution in [0.5, 0.6) is 0 Å². The summed E-state index contributed by atoms with van der Waals surface area (Å²) in [5, 5.41) is 2.42. The van der Waals surface area contributed by atoms with Crippen molar-refractivity contribution < 1.29 is 9.48 Å². The molecule has 1 amide bonds. The van der Waals surface area contributed by atoms with E-state index in [0.29, 0.717) is 6.42 Å². The number of hydrazine groups is 1. The minimum absolute atomic E-state index is 0.0847. The predicted molar refractivity (Wildman–Crippen MR) is 67.0 cm³/mol. The fourth-order valence-electron chi connectivity index (χ4n) is 2.12. The zero-order chi connectivity index (χ0) is 11.7. The molecule has 84 valence electrons. The van der Waals surface area contributed by atoms with Gasteiger partial charge < -0.3 is 0 Å². The lowest BCUT2D eigenvalue weighted by atomic mass is 10.1. The van der Waals surface area contributed by atoms with E-state index < -0.39 is 0 Å². The van der Waals surface area contributed by atoms with Crippen LogP contribution in [-0.2, 0) is 4.79 Å². The van der Waals surface area contributed by atoms with E-state index in [0.717, 1.165) is 12.1 Å². The maximum absolute atomic E-state index is 11.1. The number of hydrogen-bond acceptors (Lipinski definition) is 1. The Balaban J connectivity index is 2.09. The van der Waals surface area contributed by atoms with Gasteiger partial charge in [-0.25, -0.2) is 0 Å². The molecule has 3 heteroatoms. The zero-order valence-corrected chi connectivity index (χ0v) is 9.39. The molecule has 17 heavy (non-hydrogen) atoms. The van der Waals surface area contributed by atoms with E-state index in [4.69, 9.17) is 0 Å². The number of hydrogen-bond donors (Lipinski definition) is 1. The first-order chi connectivity index (χ1) is 8.33. The van der Waals surface area contributed by atoms with Crippen LogP contribution in [-0.4, -0.2) is 23.4 Å². The molecular formula is C14H13N2O+. The molecule has 0 bridgehead atoms. The average Bonchev–Trinajstić information content (AvgIpc) is 2.75. The molecule has 1 fully saturated rings. The Morgan fingerprint density at radius 2 is 1.94 bits per heavy atom. The third-order valence-electron chi connectivity index (χ3n) is 2.97. The largest absolute Gasteiger partial charge is 0.280 e. The minimum atomic E-state index is 0.0847. The number of carbonyl (C=O) groups excluding carboxylic acids is 1. The van der Waals surface area contributed by atoms with E-state index >= 15 is 0 Å². The van der Waals surface area contributed by atoms with E-state index in [1.807, 2.05) is 29.1 Å². The second-order valence-electron chi connectivity index (χ2n) is 4.18. The molecule has 1 aliphatic heterocycles. The number of rotatable bonds is 1. The van der Waals surface area contributed by atoms with Crippen LogP contribution in [0.2, 0.25) is 0 Å². The number of carbonyl (C=O) groups is 1. The zero-order valence-electron chi connectivity index (χ0n) is 9.39. The van der Waals surface area contributed by atoms with E-state index in [-0.39, 0.29) is 5.91 Å². The fourth-order valence-corrected chi connectivity index (χ4v) is 2.12. The summed E-state index contributed by atoms with van der Waals surface area (Å²) in [6.45, 7) is 0.738. The number of hydrazone groups is 1. The topological polar surface area (TPSA) is 32.1 Å². The lowest BCUT2D eigenvalue weighted by Gasteiger charge is -2.00. The van der Waals surface area contributed by atoms with Crippen LogP contribution in [0, 0.1) is 0 Å². The van der Waals surface area contributed by atoms with Crippen LogP contribution in [0.4, 0.5) is 0 Å². The standard InChI is InChI=1S/C14H12N2O/c17-14-8-9-16(15-14)10-12-6-3-5-11-4-1-2-7-13(11)12/h1-7,10H,8-9H2/p+1/b16-10-. The van der Waals surface area contributed by atoms with Gasteiger partial charge in [0.05, 0.1) is 6.42 Å². The first kappa shape index (κ1) is 10.0. The van der Waals surface area contributed by atoms with Crippen molar-refractivity contribution in [3.05, 3.63) is 48.0 Å². The van der Waals surface area contributed by atoms with Crippen molar-refractivity contribution >= 4 is 22.9 Å². The smallest absolute Gasteiger partial charge is 0.269 e. The van der Waals surface area contributed by atoms with Crippen molar-refractivity contribution in [2.75, 3.05) is 6.54 Å². The highest BCUT2D eigenvalue weighted by molar-refractivity contribution is 5.98. The van der Waals surface area contributed by atoms with E-state index in [1.54, 1.807) is 0 Å². The third kappa shape index (κ3) is 1.91. The Labute approximate surface area is 99.4 Å². The maximum atomic E-state index is 11.1. The SMILES string of the molecule is O=C1CC/[N+](=C/c2cccc3ccccc23)N1. The van der Waals surface area contributed by atoms with Crippen molar-refractivity contribution in [3.63, 3.8) is 0 Å². The van der Waals surface area contributed by atoms with Gasteiger partial charge in [-0.3, -0.25) is 4.79 Å². The summed E-state index contributed by atoms with van der Waals surface area (Å²) < 4.78 is 1.85. The number of fused-ring (bicyclic) bond motifs is 1. The lowest BCUT2D eigenvalue weighted by Crippen LogP contribution is -2.25. The molecule has 3 nitrogen and oxygen atoms in total. The molecule has 0 spiro atoms. The van der Waals surface area contributed by atoms with Gasteiger partial charge in [0.2, 0.25) is 6.21 Å². The molecule has 2 aromatic rings. The van der Waals surface area contributed by atoms with Gasteiger partial charge in [0.25, 0.3) is 5.91 Å². The minimum Gasteiger partial charge on any atom is -0.269 e. The molecule has 0 unspecified atom stereocenters. The Kier molecular flexibility index (Phi) is 2.37. The predicted octanol–water partition coefficient (Wildman–Crippen LogP) is 1.71. The van der Waals surface area contributed by atoms with Crippen LogP contribution in [0.25, 0.3) is 10.8 Å². The monoisotopic (exact) mass is 225 g/mol. The van der Waals surface area contributed by atoms with Crippen LogP contribution >= 0.6 is 0 Å². The number of nitrogens with zero attached hydrogens (tertiary/aromatic N) is 1. The molecule has 1 saturated heterocycles. The summed E-state index contributed by atoms with van der Waals surface area (Å²) in [5.74, 6) is 0.0847. The fraction of sp³-hybridized carbons (Fsp3) is 0.143. The first-order valence-corrected chi connectivity index (χ1v) is 5.72. The molecule has 0 radical (unpaired) electrons. The summed E-state index contributed by atoms with van der Waals surface area (Å²) in [5.41, 5.74) is 3.94. The van der Waals surface area contributed by atoms with Gasteiger partial charge in [-0.15, -0.1) is 10.1 Å². The Bertz CT molecular complexity index is 611. The Morgan fingerprint density at radius 3 is 2.76 bits per heavy atom. The molecule has 1 heterocycles. The number of amides is 1. The molecule has 2 aromatic carbocycles. The van der Waals surface area contributed by atoms with E-state index in [9.17, 15) is 4.79 Å². The summed E-state index contributed by atoms with van der Waals surface area (Å²) in [4.78, 5) is 11.1. The Hall–Kier alpha value is -2.16. The van der Waals surface area contributed by atoms with E-state index in [1.165, 1.54) is 10.8 Å². The van der Waals surface area contributed by atoms with Crippen LogP contribution in [0.3, 0.4) is 0 Å². The van der Waals surface area contributed by atoms with Gasteiger partial charge in [-0.1, -0.05) is 36.4 Å². The van der Waals surface area contributed by atoms with Gasteiger partial charge in [0, 0.05) is 5.56 Å². The molecule has 0 aromatic heterocycles. The second-order valence-corrected chi connectivity index (χ2v) is 4.18. The maximum Gasteiger partial charge on any atom is 0.280 e. The molecule has 1 aliphatic rings. The van der Waals surface area contributed by atoms with Gasteiger partial charge in [0.1, 0.15) is 0 Å². The number of nitrogens with one attached hydrogen (secondary N) is 1. The summed E-state index contributed by atoms with van der Waals surface area (Å²) in [7, 11) is 0. The van der Waals surface area contributed by atoms with Gasteiger partial charge in [-0.05, 0) is 16.8 Å². The second kappa shape index (κ2) is 4.01. The highest BCUT2D eigenvalue weighted by atomic mass is 16.2. The van der Waals surface area contributed by atoms with Gasteiger partial charge in [-0.2, -0.15) is 0 Å². The van der Waals surface area contributed by atoms with Crippen LogP contribution in [0.1, 0.15) is 12.0 Å². The third-order valence-corrected chi connectivity index (χ3v) is 2.97. The molecular weight excluding hydrogens is 212 g/mol. The molecule has 1 N–H and O–H groups in total. The van der Waals surface area contributed by atoms with Gasteiger partial charge >= 0.3 is 0 Å². The lowest BCUT2D eigenvalue weighted by molar-refractivity contribution is -0.553. The van der Waals surface area contributed by atoms with Crippen molar-refractivity contribution in [2.24, 2.45) is 0 Å². The van der Waals surface area contributed by atoms with Crippen LogP contribution < -0.4 is 5.43 Å². The van der Waals surface area contributed by atoms with Crippen molar-refractivity contribution in [2.45, 2.75) is 6.42 Å². The summed E-state index contributed by atoms with van der Waals surface area (Å²) >= 11 is 0. The molecule has 0 aliphatic carbocycles. The molecule has 3 rings (SSSR count). The molecule has 0 saturated carbocycles. The first-order valence-electron chi connectivity index (χ1n) is 5.72. The van der Waals surface area contributed by atoms with Crippen LogP contribution in [0.15, 0.2) is 42.5 Å².